The molecule has 0 unspecified atom stereocenters. The molecule has 0 atom stereocenters. The summed E-state index contributed by atoms with van der Waals surface area (Å²) in [6.07, 6.45) is 2.03. The smallest absolute Gasteiger partial charge is 0.301 e. The van der Waals surface area contributed by atoms with Crippen molar-refractivity contribution >= 4 is 16.8 Å². The average Bonchev–Trinajstić information content (AvgIpc) is 3.04. The minimum absolute atomic E-state index is 0.264. The number of hydrogen-bond donors (Lipinski definition) is 2. The number of hydrazine groups is 1. The minimum Gasteiger partial charge on any atom is -0.454 e. The second-order valence-electron chi connectivity index (χ2n) is 5.15. The van der Waals surface area contributed by atoms with E-state index in [1.54, 1.807) is 0 Å². The van der Waals surface area contributed by atoms with Crippen molar-refractivity contribution in [3.63, 3.8) is 0 Å². The van der Waals surface area contributed by atoms with Crippen LogP contribution in [0, 0.1) is 13.8 Å². The molecule has 0 aliphatic heterocycles. The quantitative estimate of drug-likeness (QED) is 0.440. The van der Waals surface area contributed by atoms with E-state index >= 15 is 0 Å². The summed E-state index contributed by atoms with van der Waals surface area (Å²) in [6.45, 7) is 4.49. The molecule has 1 amide bonds. The maximum Gasteiger partial charge on any atom is 0.301 e. The van der Waals surface area contributed by atoms with Crippen LogP contribution in [0.1, 0.15) is 27.4 Å². The highest BCUT2D eigenvalue weighted by atomic mass is 16.4. The number of amides is 1. The summed E-state index contributed by atoms with van der Waals surface area (Å²) in [4.78, 5) is 11.6. The van der Waals surface area contributed by atoms with Crippen LogP contribution in [0.25, 0.3) is 10.9 Å². The van der Waals surface area contributed by atoms with Gasteiger partial charge in [0, 0.05) is 22.7 Å². The minimum atomic E-state index is -0.410. The van der Waals surface area contributed by atoms with Crippen molar-refractivity contribution in [2.75, 3.05) is 0 Å². The normalized spacial score (nSPS) is 11.0. The van der Waals surface area contributed by atoms with E-state index in [0.29, 0.717) is 6.54 Å². The van der Waals surface area contributed by atoms with Gasteiger partial charge in [0.1, 0.15) is 5.76 Å². The molecule has 0 aliphatic rings. The van der Waals surface area contributed by atoms with E-state index in [1.807, 2.05) is 25.3 Å². The molecule has 0 saturated carbocycles. The van der Waals surface area contributed by atoms with Gasteiger partial charge >= 0.3 is 5.91 Å². The predicted molar refractivity (Wildman–Crippen MR) is 80.9 cm³/mol. The van der Waals surface area contributed by atoms with Gasteiger partial charge in [0.15, 0.2) is 5.76 Å². The zero-order valence-electron chi connectivity index (χ0n) is 12.0. The van der Waals surface area contributed by atoms with Crippen molar-refractivity contribution in [1.29, 1.82) is 0 Å². The van der Waals surface area contributed by atoms with Crippen LogP contribution in [-0.2, 0) is 6.54 Å². The molecule has 0 radical (unpaired) electrons. The van der Waals surface area contributed by atoms with Crippen LogP contribution in [0.3, 0.4) is 0 Å². The summed E-state index contributed by atoms with van der Waals surface area (Å²) < 4.78 is 7.71. The van der Waals surface area contributed by atoms with Gasteiger partial charge in [-0.05, 0) is 37.6 Å². The first-order chi connectivity index (χ1) is 10.1. The van der Waals surface area contributed by atoms with Gasteiger partial charge in [-0.25, -0.2) is 5.84 Å². The number of carbonyl (C=O) groups is 1. The van der Waals surface area contributed by atoms with Gasteiger partial charge in [-0.2, -0.15) is 0 Å². The zero-order valence-corrected chi connectivity index (χ0v) is 12.0. The van der Waals surface area contributed by atoms with E-state index < -0.39 is 5.91 Å². The first-order valence-electron chi connectivity index (χ1n) is 6.75. The number of furan rings is 1. The molecule has 3 rings (SSSR count). The fourth-order valence-corrected chi connectivity index (χ4v) is 2.60. The molecule has 0 aliphatic carbocycles. The maximum absolute atomic E-state index is 11.6. The first-order valence-corrected chi connectivity index (χ1v) is 6.75. The molecule has 0 fully saturated rings. The second kappa shape index (κ2) is 5.10. The Labute approximate surface area is 122 Å². The summed E-state index contributed by atoms with van der Waals surface area (Å²) in [5.41, 5.74) is 5.26. The van der Waals surface area contributed by atoms with Gasteiger partial charge in [0.25, 0.3) is 0 Å². The van der Waals surface area contributed by atoms with Crippen LogP contribution in [0.5, 0.6) is 0 Å². The highest BCUT2D eigenvalue weighted by Crippen LogP contribution is 2.22. The van der Waals surface area contributed by atoms with E-state index in [9.17, 15) is 4.79 Å². The Morgan fingerprint density at radius 1 is 1.29 bits per heavy atom. The van der Waals surface area contributed by atoms with Crippen LogP contribution >= 0.6 is 0 Å². The molecule has 108 valence electrons. The number of hydrogen-bond acceptors (Lipinski definition) is 3. The number of benzene rings is 1. The Hall–Kier alpha value is -2.53. The van der Waals surface area contributed by atoms with E-state index in [4.69, 9.17) is 10.3 Å². The van der Waals surface area contributed by atoms with Crippen LogP contribution in [0.15, 0.2) is 40.9 Å². The van der Waals surface area contributed by atoms with Crippen LogP contribution in [0.2, 0.25) is 0 Å². The van der Waals surface area contributed by atoms with Gasteiger partial charge in [-0.15, -0.1) is 0 Å². The van der Waals surface area contributed by atoms with Gasteiger partial charge in [0.2, 0.25) is 0 Å². The molecule has 3 aromatic rings. The van der Waals surface area contributed by atoms with E-state index in [2.05, 4.69) is 35.1 Å². The fraction of sp³-hybridized carbons (Fsp3) is 0.188. The van der Waals surface area contributed by atoms with Gasteiger partial charge < -0.3 is 8.98 Å². The SMILES string of the molecule is Cc1cc(Cn2ccc3c(C)cccc32)oc1C(=O)NN. The summed E-state index contributed by atoms with van der Waals surface area (Å²) in [7, 11) is 0. The number of nitrogen functional groups attached to an aromatic ring is 1. The second-order valence-corrected chi connectivity index (χ2v) is 5.15. The monoisotopic (exact) mass is 283 g/mol. The molecule has 5 heteroatoms. The van der Waals surface area contributed by atoms with Crippen LogP contribution in [-0.4, -0.2) is 10.5 Å². The highest BCUT2D eigenvalue weighted by Gasteiger charge is 2.15. The largest absolute Gasteiger partial charge is 0.454 e. The lowest BCUT2D eigenvalue weighted by Gasteiger charge is -2.04. The van der Waals surface area contributed by atoms with Gasteiger partial charge in [0.05, 0.1) is 6.54 Å². The third-order valence-electron chi connectivity index (χ3n) is 3.66. The summed E-state index contributed by atoms with van der Waals surface area (Å²) in [5, 5.41) is 1.22. The number of aryl methyl sites for hydroxylation is 2. The Bertz CT molecular complexity index is 814. The first kappa shape index (κ1) is 13.5. The van der Waals surface area contributed by atoms with E-state index in [1.165, 1.54) is 10.9 Å². The predicted octanol–water partition coefficient (Wildman–Crippen LogP) is 2.50. The fourth-order valence-electron chi connectivity index (χ4n) is 2.60. The molecular weight excluding hydrogens is 266 g/mol. The number of carbonyl (C=O) groups excluding carboxylic acids is 1. The average molecular weight is 283 g/mol. The molecule has 2 heterocycles. The third-order valence-corrected chi connectivity index (χ3v) is 3.66. The molecule has 0 saturated heterocycles. The van der Waals surface area contributed by atoms with Crippen molar-refractivity contribution in [3.8, 4) is 0 Å². The van der Waals surface area contributed by atoms with Gasteiger partial charge in [-0.3, -0.25) is 10.2 Å². The molecule has 5 nitrogen and oxygen atoms in total. The molecule has 0 bridgehead atoms. The standard InChI is InChI=1S/C16H17N3O2/c1-10-4-3-5-14-13(10)6-7-19(14)9-12-8-11(2)15(21-12)16(20)18-17/h3-8H,9,17H2,1-2H3,(H,18,20). The Morgan fingerprint density at radius 3 is 2.86 bits per heavy atom. The van der Waals surface area contributed by atoms with Crippen molar-refractivity contribution < 1.29 is 9.21 Å². The number of rotatable bonds is 3. The molecule has 21 heavy (non-hydrogen) atoms. The summed E-state index contributed by atoms with van der Waals surface area (Å²) in [5.74, 6) is 5.73. The Balaban J connectivity index is 1.96. The summed E-state index contributed by atoms with van der Waals surface area (Å²) in [6, 6.07) is 10.2. The number of nitrogens with one attached hydrogen (secondary N) is 1. The Kier molecular flexibility index (Phi) is 3.27. The highest BCUT2D eigenvalue weighted by molar-refractivity contribution is 5.92. The molecule has 1 aromatic carbocycles. The Morgan fingerprint density at radius 2 is 2.10 bits per heavy atom. The lowest BCUT2D eigenvalue weighted by molar-refractivity contribution is 0.0923. The lowest BCUT2D eigenvalue weighted by atomic mass is 10.1. The van der Waals surface area contributed by atoms with E-state index in [0.717, 1.165) is 16.8 Å². The molecule has 3 N–H and O–H groups in total. The third kappa shape index (κ3) is 2.32. The number of nitrogens with two attached hydrogens (primary N) is 1. The lowest BCUT2D eigenvalue weighted by Crippen LogP contribution is -2.30. The number of fused-ring (bicyclic) bond motifs is 1. The van der Waals surface area contributed by atoms with Gasteiger partial charge in [-0.1, -0.05) is 12.1 Å². The topological polar surface area (TPSA) is 73.2 Å². The number of aromatic nitrogens is 1. The maximum atomic E-state index is 11.6. The van der Waals surface area contributed by atoms with Crippen molar-refractivity contribution in [1.82, 2.24) is 9.99 Å². The van der Waals surface area contributed by atoms with Crippen molar-refractivity contribution in [2.45, 2.75) is 20.4 Å². The van der Waals surface area contributed by atoms with E-state index in [-0.39, 0.29) is 5.76 Å². The molecule has 0 spiro atoms. The molecular formula is C16H17N3O2. The van der Waals surface area contributed by atoms with Crippen molar-refractivity contribution in [2.24, 2.45) is 5.84 Å². The van der Waals surface area contributed by atoms with Crippen molar-refractivity contribution in [3.05, 3.63) is 59.2 Å². The zero-order chi connectivity index (χ0) is 15.0. The van der Waals surface area contributed by atoms with Crippen LogP contribution < -0.4 is 11.3 Å². The number of nitrogens with zero attached hydrogens (tertiary/aromatic N) is 1. The van der Waals surface area contributed by atoms with Crippen LogP contribution in [0.4, 0.5) is 0 Å². The summed E-state index contributed by atoms with van der Waals surface area (Å²) >= 11 is 0. The molecule has 2 aromatic heterocycles.